The van der Waals surface area contributed by atoms with E-state index in [4.69, 9.17) is 5.73 Å². The molecule has 1 aromatic rings. The molecule has 14 heavy (non-hydrogen) atoms. The number of para-hydroxylation sites is 1. The summed E-state index contributed by atoms with van der Waals surface area (Å²) in [6, 6.07) is 8.10. The van der Waals surface area contributed by atoms with Crippen molar-refractivity contribution >= 4 is 5.69 Å². The summed E-state index contributed by atoms with van der Waals surface area (Å²) >= 11 is 0. The molecule has 0 heterocycles. The quantitative estimate of drug-likeness (QED) is 0.724. The molecule has 2 N–H and O–H groups in total. The van der Waals surface area contributed by atoms with Crippen molar-refractivity contribution in [2.75, 3.05) is 25.9 Å². The third-order valence-corrected chi connectivity index (χ3v) is 2.42. The molecule has 1 rings (SSSR count). The van der Waals surface area contributed by atoms with Gasteiger partial charge < -0.3 is 10.6 Å². The number of rotatable bonds is 5. The number of nitrogens with two attached hydrogens (primary N) is 1. The molecule has 0 amide bonds. The van der Waals surface area contributed by atoms with E-state index in [2.05, 4.69) is 24.9 Å². The number of likely N-dealkylation sites (N-methyl/N-ethyl adjacent to an activating group) is 1. The lowest BCUT2D eigenvalue weighted by Gasteiger charge is -2.15. The van der Waals surface area contributed by atoms with Crippen molar-refractivity contribution in [2.24, 2.45) is 0 Å². The highest BCUT2D eigenvalue weighted by Crippen LogP contribution is 2.11. The smallest absolute Gasteiger partial charge is 0.0347 e. The van der Waals surface area contributed by atoms with Crippen molar-refractivity contribution in [1.82, 2.24) is 4.90 Å². The van der Waals surface area contributed by atoms with Crippen LogP contribution in [0.25, 0.3) is 0 Å². The summed E-state index contributed by atoms with van der Waals surface area (Å²) in [6.07, 6.45) is 2.25. The molecule has 0 fully saturated rings. The highest BCUT2D eigenvalue weighted by molar-refractivity contribution is 5.46. The molecule has 0 aliphatic heterocycles. The lowest BCUT2D eigenvalue weighted by Crippen LogP contribution is -2.22. The lowest BCUT2D eigenvalue weighted by atomic mass is 10.1. The van der Waals surface area contributed by atoms with E-state index >= 15 is 0 Å². The zero-order valence-electron chi connectivity index (χ0n) is 9.16. The average Bonchev–Trinajstić information content (AvgIpc) is 2.17. The van der Waals surface area contributed by atoms with Crippen LogP contribution in [0.1, 0.15) is 18.9 Å². The van der Waals surface area contributed by atoms with Gasteiger partial charge in [-0.2, -0.15) is 0 Å². The molecule has 0 unspecified atom stereocenters. The number of hydrogen-bond acceptors (Lipinski definition) is 2. The van der Waals surface area contributed by atoms with Crippen molar-refractivity contribution in [2.45, 2.75) is 19.8 Å². The first kappa shape index (κ1) is 11.1. The maximum Gasteiger partial charge on any atom is 0.0347 e. The number of nitrogen functional groups attached to an aromatic ring is 1. The van der Waals surface area contributed by atoms with Gasteiger partial charge in [-0.05, 0) is 38.1 Å². The van der Waals surface area contributed by atoms with E-state index in [1.54, 1.807) is 0 Å². The van der Waals surface area contributed by atoms with E-state index in [1.807, 2.05) is 18.2 Å². The molecule has 0 saturated carbocycles. The van der Waals surface area contributed by atoms with E-state index in [1.165, 1.54) is 12.0 Å². The fraction of sp³-hybridized carbons (Fsp3) is 0.500. The van der Waals surface area contributed by atoms with Gasteiger partial charge in [0.1, 0.15) is 0 Å². The molecule has 2 heteroatoms. The van der Waals surface area contributed by atoms with Crippen LogP contribution >= 0.6 is 0 Å². The van der Waals surface area contributed by atoms with Crippen LogP contribution < -0.4 is 5.73 Å². The molecule has 0 bridgehead atoms. The van der Waals surface area contributed by atoms with Crippen LogP contribution in [0, 0.1) is 0 Å². The fourth-order valence-corrected chi connectivity index (χ4v) is 1.57. The van der Waals surface area contributed by atoms with Gasteiger partial charge in [-0.3, -0.25) is 0 Å². The molecule has 2 nitrogen and oxygen atoms in total. The monoisotopic (exact) mass is 192 g/mol. The number of anilines is 1. The van der Waals surface area contributed by atoms with Crippen LogP contribution in [0.3, 0.4) is 0 Å². The van der Waals surface area contributed by atoms with Crippen molar-refractivity contribution in [3.05, 3.63) is 29.8 Å². The minimum atomic E-state index is 0.914. The second kappa shape index (κ2) is 5.66. The van der Waals surface area contributed by atoms with E-state index in [0.29, 0.717) is 0 Å². The highest BCUT2D eigenvalue weighted by atomic mass is 15.1. The highest BCUT2D eigenvalue weighted by Gasteiger charge is 2.00. The van der Waals surface area contributed by atoms with Gasteiger partial charge in [0.05, 0.1) is 0 Å². The Bertz CT molecular complexity index is 271. The zero-order valence-corrected chi connectivity index (χ0v) is 9.16. The van der Waals surface area contributed by atoms with Crippen LogP contribution in [0.5, 0.6) is 0 Å². The van der Waals surface area contributed by atoms with Gasteiger partial charge in [-0.25, -0.2) is 0 Å². The molecule has 1 aromatic carbocycles. The van der Waals surface area contributed by atoms with Crippen LogP contribution in [0.2, 0.25) is 0 Å². The molecule has 0 aliphatic rings. The summed E-state index contributed by atoms with van der Waals surface area (Å²) in [5, 5.41) is 0. The first-order valence-corrected chi connectivity index (χ1v) is 5.26. The second-order valence-corrected chi connectivity index (χ2v) is 3.75. The standard InChI is InChI=1S/C12H20N2/c1-3-9-14(2)10-8-11-6-4-5-7-12(11)13/h4-7H,3,8-10,13H2,1-2H3. The number of nitrogens with zero attached hydrogens (tertiary/aromatic N) is 1. The van der Waals surface area contributed by atoms with Crippen molar-refractivity contribution in [3.63, 3.8) is 0 Å². The number of benzene rings is 1. The van der Waals surface area contributed by atoms with Crippen molar-refractivity contribution in [3.8, 4) is 0 Å². The van der Waals surface area contributed by atoms with Gasteiger partial charge in [0.25, 0.3) is 0 Å². The minimum Gasteiger partial charge on any atom is -0.399 e. The third-order valence-electron chi connectivity index (χ3n) is 2.42. The summed E-state index contributed by atoms with van der Waals surface area (Å²) in [5.74, 6) is 0. The summed E-state index contributed by atoms with van der Waals surface area (Å²) in [4.78, 5) is 2.34. The lowest BCUT2D eigenvalue weighted by molar-refractivity contribution is 0.339. The fourth-order valence-electron chi connectivity index (χ4n) is 1.57. The Kier molecular flexibility index (Phi) is 4.47. The van der Waals surface area contributed by atoms with E-state index in [0.717, 1.165) is 25.2 Å². The van der Waals surface area contributed by atoms with Gasteiger partial charge in [-0.1, -0.05) is 25.1 Å². The van der Waals surface area contributed by atoms with Gasteiger partial charge in [0, 0.05) is 12.2 Å². The molecule has 0 aliphatic carbocycles. The maximum atomic E-state index is 5.86. The predicted molar refractivity (Wildman–Crippen MR) is 62.3 cm³/mol. The van der Waals surface area contributed by atoms with Crippen molar-refractivity contribution in [1.29, 1.82) is 0 Å². The average molecular weight is 192 g/mol. The van der Waals surface area contributed by atoms with Crippen LogP contribution in [0.15, 0.2) is 24.3 Å². The van der Waals surface area contributed by atoms with E-state index in [-0.39, 0.29) is 0 Å². The molecule has 0 atom stereocenters. The van der Waals surface area contributed by atoms with E-state index in [9.17, 15) is 0 Å². The molecule has 0 saturated heterocycles. The molecular formula is C12H20N2. The van der Waals surface area contributed by atoms with Crippen molar-refractivity contribution < 1.29 is 0 Å². The third kappa shape index (κ3) is 3.38. The SMILES string of the molecule is CCCN(C)CCc1ccccc1N. The Balaban J connectivity index is 2.41. The molecule has 78 valence electrons. The first-order valence-electron chi connectivity index (χ1n) is 5.26. The van der Waals surface area contributed by atoms with Gasteiger partial charge in [-0.15, -0.1) is 0 Å². The first-order chi connectivity index (χ1) is 6.74. The van der Waals surface area contributed by atoms with Crippen LogP contribution in [0.4, 0.5) is 5.69 Å². The summed E-state index contributed by atoms with van der Waals surface area (Å²) < 4.78 is 0. The summed E-state index contributed by atoms with van der Waals surface area (Å²) in [5.41, 5.74) is 8.04. The van der Waals surface area contributed by atoms with Gasteiger partial charge in [0.15, 0.2) is 0 Å². The largest absolute Gasteiger partial charge is 0.399 e. The topological polar surface area (TPSA) is 29.3 Å². The van der Waals surface area contributed by atoms with E-state index < -0.39 is 0 Å². The second-order valence-electron chi connectivity index (χ2n) is 3.75. The Labute approximate surface area is 86.7 Å². The van der Waals surface area contributed by atoms with Crippen LogP contribution in [-0.2, 0) is 6.42 Å². The van der Waals surface area contributed by atoms with Crippen LogP contribution in [-0.4, -0.2) is 25.0 Å². The number of hydrogen-bond donors (Lipinski definition) is 1. The van der Waals surface area contributed by atoms with Gasteiger partial charge in [0.2, 0.25) is 0 Å². The normalized spacial score (nSPS) is 10.8. The summed E-state index contributed by atoms with van der Waals surface area (Å²) in [7, 11) is 2.16. The molecular weight excluding hydrogens is 172 g/mol. The Morgan fingerprint density at radius 3 is 2.57 bits per heavy atom. The maximum absolute atomic E-state index is 5.86. The Morgan fingerprint density at radius 1 is 1.21 bits per heavy atom. The van der Waals surface area contributed by atoms with Gasteiger partial charge >= 0.3 is 0 Å². The predicted octanol–water partition coefficient (Wildman–Crippen LogP) is 2.15. The molecule has 0 aromatic heterocycles. The summed E-state index contributed by atoms with van der Waals surface area (Å²) in [6.45, 7) is 4.45. The Morgan fingerprint density at radius 2 is 1.93 bits per heavy atom. The zero-order chi connectivity index (χ0) is 10.4. The Hall–Kier alpha value is -1.02. The minimum absolute atomic E-state index is 0.914. The molecule has 0 spiro atoms. The molecule has 0 radical (unpaired) electrons.